The molecule has 0 bridgehead atoms. The van der Waals surface area contributed by atoms with Gasteiger partial charge in [-0.1, -0.05) is 29.8 Å². The molecule has 2 aliphatic rings. The van der Waals surface area contributed by atoms with E-state index in [1.165, 1.54) is 11.3 Å². The summed E-state index contributed by atoms with van der Waals surface area (Å²) in [5.41, 5.74) is 2.20. The Labute approximate surface area is 167 Å². The molecule has 1 aromatic carbocycles. The molecule has 1 aromatic heterocycles. The topological polar surface area (TPSA) is 56.3 Å². The summed E-state index contributed by atoms with van der Waals surface area (Å²) in [4.78, 5) is 31.2. The first-order valence-electron chi connectivity index (χ1n) is 9.11. The van der Waals surface area contributed by atoms with Crippen LogP contribution in [0.5, 0.6) is 0 Å². The molecule has 140 valence electrons. The summed E-state index contributed by atoms with van der Waals surface area (Å²) in [5.74, 6) is -0.560. The van der Waals surface area contributed by atoms with E-state index in [-0.39, 0.29) is 18.0 Å². The van der Waals surface area contributed by atoms with Crippen molar-refractivity contribution in [3.8, 4) is 10.6 Å². The number of rotatable bonds is 3. The third-order valence-electron chi connectivity index (χ3n) is 5.17. The molecule has 0 amide bonds. The van der Waals surface area contributed by atoms with Crippen molar-refractivity contribution in [2.75, 3.05) is 13.2 Å². The predicted molar refractivity (Wildman–Crippen MR) is 106 cm³/mol. The zero-order valence-electron chi connectivity index (χ0n) is 15.0. The molecule has 0 N–H and O–H groups in total. The third kappa shape index (κ3) is 3.77. The van der Waals surface area contributed by atoms with E-state index in [1.807, 2.05) is 37.3 Å². The minimum atomic E-state index is -0.756. The number of Topliss-reactive ketones (excluding diaryl/α,β-unsaturated/α-hetero) is 2. The molecule has 1 aliphatic carbocycles. The van der Waals surface area contributed by atoms with Gasteiger partial charge in [-0.25, -0.2) is 4.98 Å². The van der Waals surface area contributed by atoms with E-state index in [0.29, 0.717) is 22.2 Å². The maximum Gasteiger partial charge on any atom is 0.175 e. The minimum absolute atomic E-state index is 0.0469. The van der Waals surface area contributed by atoms with Crippen molar-refractivity contribution in [1.82, 2.24) is 4.98 Å². The molecule has 1 unspecified atom stereocenters. The monoisotopic (exact) mass is 401 g/mol. The van der Waals surface area contributed by atoms with Crippen LogP contribution < -0.4 is 0 Å². The number of benzene rings is 1. The maximum absolute atomic E-state index is 13.0. The number of carbonyl (C=O) groups excluding carboxylic acids is 2. The summed E-state index contributed by atoms with van der Waals surface area (Å²) in [6.45, 7) is 3.36. The molecule has 2 aromatic rings. The number of ketones is 2. The first kappa shape index (κ1) is 18.5. The van der Waals surface area contributed by atoms with Crippen LogP contribution in [-0.4, -0.2) is 29.8 Å². The Balaban J connectivity index is 1.61. The van der Waals surface area contributed by atoms with Crippen LogP contribution in [0.1, 0.15) is 35.8 Å². The lowest BCUT2D eigenvalue weighted by molar-refractivity contribution is -0.123. The maximum atomic E-state index is 13.0. The normalized spacial score (nSPS) is 22.7. The third-order valence-corrected chi connectivity index (χ3v) is 6.45. The van der Waals surface area contributed by atoms with Gasteiger partial charge in [-0.3, -0.25) is 9.59 Å². The largest absolute Gasteiger partial charge is 0.381 e. The number of thiazole rings is 1. The smallest absolute Gasteiger partial charge is 0.175 e. The molecule has 1 saturated heterocycles. The minimum Gasteiger partial charge on any atom is -0.381 e. The van der Waals surface area contributed by atoms with E-state index in [4.69, 9.17) is 16.3 Å². The van der Waals surface area contributed by atoms with Crippen LogP contribution in [0.15, 0.2) is 35.9 Å². The van der Waals surface area contributed by atoms with Gasteiger partial charge in [-0.05, 0) is 43.4 Å². The number of hydrogen-bond donors (Lipinski definition) is 0. The van der Waals surface area contributed by atoms with Gasteiger partial charge in [0.1, 0.15) is 10.9 Å². The summed E-state index contributed by atoms with van der Waals surface area (Å²) in [5, 5.41) is 1.47. The highest BCUT2D eigenvalue weighted by atomic mass is 35.5. The Kier molecular flexibility index (Phi) is 5.26. The molecular weight excluding hydrogens is 382 g/mol. The number of halogens is 1. The van der Waals surface area contributed by atoms with Crippen LogP contribution in [0, 0.1) is 12.8 Å². The van der Waals surface area contributed by atoms with Gasteiger partial charge in [0.25, 0.3) is 0 Å². The fourth-order valence-corrected chi connectivity index (χ4v) is 4.77. The van der Waals surface area contributed by atoms with Crippen LogP contribution in [0.2, 0.25) is 5.02 Å². The Morgan fingerprint density at radius 3 is 2.59 bits per heavy atom. The van der Waals surface area contributed by atoms with Gasteiger partial charge < -0.3 is 4.74 Å². The molecule has 4 rings (SSSR count). The van der Waals surface area contributed by atoms with Gasteiger partial charge >= 0.3 is 0 Å². The van der Waals surface area contributed by atoms with Gasteiger partial charge in [0.15, 0.2) is 11.6 Å². The zero-order chi connectivity index (χ0) is 19.0. The second kappa shape index (κ2) is 7.66. The summed E-state index contributed by atoms with van der Waals surface area (Å²) in [6, 6.07) is 7.43. The van der Waals surface area contributed by atoms with Gasteiger partial charge in [0.05, 0.1) is 5.69 Å². The second-order valence-electron chi connectivity index (χ2n) is 7.05. The number of aryl methyl sites for hydroxylation is 1. The van der Waals surface area contributed by atoms with Gasteiger partial charge in [0.2, 0.25) is 0 Å². The van der Waals surface area contributed by atoms with Gasteiger partial charge in [-0.15, -0.1) is 11.3 Å². The number of nitrogens with zero attached hydrogens (tertiary/aromatic N) is 1. The fraction of sp³-hybridized carbons (Fsp3) is 0.381. The Morgan fingerprint density at radius 1 is 1.19 bits per heavy atom. The highest BCUT2D eigenvalue weighted by Crippen LogP contribution is 2.38. The SMILES string of the molecule is Cc1sc(-c2ccc(Cl)cc2)nc1C1C(=O)C/C(=C\C2CCOCC2)C1=O. The molecule has 0 spiro atoms. The van der Waals surface area contributed by atoms with Crippen LogP contribution in [0.25, 0.3) is 10.6 Å². The average Bonchev–Trinajstić information content (AvgIpc) is 3.16. The number of aromatic nitrogens is 1. The van der Waals surface area contributed by atoms with Crippen LogP contribution in [-0.2, 0) is 14.3 Å². The van der Waals surface area contributed by atoms with Gasteiger partial charge in [0, 0.05) is 35.1 Å². The van der Waals surface area contributed by atoms with E-state index in [1.54, 1.807) is 0 Å². The highest BCUT2D eigenvalue weighted by molar-refractivity contribution is 7.15. The number of allylic oxidation sites excluding steroid dienone is 2. The molecule has 1 saturated carbocycles. The number of hydrogen-bond acceptors (Lipinski definition) is 5. The average molecular weight is 402 g/mol. The lowest BCUT2D eigenvalue weighted by atomic mass is 9.95. The standard InChI is InChI=1S/C21H20ClNO3S/c1-12-19(23-21(27-12)14-2-4-16(22)5-3-14)18-17(24)11-15(20(18)25)10-13-6-8-26-9-7-13/h2-5,10,13,18H,6-9,11H2,1H3/b15-10+. The Morgan fingerprint density at radius 2 is 1.89 bits per heavy atom. The molecule has 2 fully saturated rings. The first-order valence-corrected chi connectivity index (χ1v) is 10.3. The summed E-state index contributed by atoms with van der Waals surface area (Å²) < 4.78 is 5.37. The summed E-state index contributed by atoms with van der Waals surface area (Å²) >= 11 is 7.46. The van der Waals surface area contributed by atoms with Crippen molar-refractivity contribution in [2.45, 2.75) is 32.1 Å². The number of ether oxygens (including phenoxy) is 1. The number of carbonyl (C=O) groups is 2. The van der Waals surface area contributed by atoms with Crippen molar-refractivity contribution in [3.05, 3.63) is 51.5 Å². The van der Waals surface area contributed by atoms with Crippen molar-refractivity contribution in [3.63, 3.8) is 0 Å². The summed E-state index contributed by atoms with van der Waals surface area (Å²) in [7, 11) is 0. The van der Waals surface area contributed by atoms with E-state index < -0.39 is 5.92 Å². The molecular formula is C21H20ClNO3S. The lowest BCUT2D eigenvalue weighted by Crippen LogP contribution is -2.16. The molecule has 6 heteroatoms. The van der Waals surface area contributed by atoms with Crippen molar-refractivity contribution < 1.29 is 14.3 Å². The van der Waals surface area contributed by atoms with Crippen LogP contribution >= 0.6 is 22.9 Å². The van der Waals surface area contributed by atoms with Crippen LogP contribution in [0.3, 0.4) is 0 Å². The quantitative estimate of drug-likeness (QED) is 0.550. The van der Waals surface area contributed by atoms with Crippen molar-refractivity contribution in [2.24, 2.45) is 5.92 Å². The zero-order valence-corrected chi connectivity index (χ0v) is 16.6. The van der Waals surface area contributed by atoms with Crippen molar-refractivity contribution >= 4 is 34.5 Å². The molecule has 0 radical (unpaired) electrons. The van der Waals surface area contributed by atoms with Crippen molar-refractivity contribution in [1.29, 1.82) is 0 Å². The molecule has 1 atom stereocenters. The predicted octanol–water partition coefficient (Wildman–Crippen LogP) is 4.75. The van der Waals surface area contributed by atoms with E-state index in [9.17, 15) is 9.59 Å². The fourth-order valence-electron chi connectivity index (χ4n) is 3.69. The molecule has 1 aliphatic heterocycles. The van der Waals surface area contributed by atoms with E-state index in [0.717, 1.165) is 41.5 Å². The molecule has 27 heavy (non-hydrogen) atoms. The van der Waals surface area contributed by atoms with Gasteiger partial charge in [-0.2, -0.15) is 0 Å². The Hall–Kier alpha value is -1.82. The van der Waals surface area contributed by atoms with Crippen LogP contribution in [0.4, 0.5) is 0 Å². The molecule has 2 heterocycles. The van der Waals surface area contributed by atoms with E-state index >= 15 is 0 Å². The first-order chi connectivity index (χ1) is 13.0. The Bertz CT molecular complexity index is 910. The molecule has 4 nitrogen and oxygen atoms in total. The van der Waals surface area contributed by atoms with E-state index in [2.05, 4.69) is 4.98 Å². The highest BCUT2D eigenvalue weighted by Gasteiger charge is 2.41. The summed E-state index contributed by atoms with van der Waals surface area (Å²) in [6.07, 6.45) is 4.04. The second-order valence-corrected chi connectivity index (χ2v) is 8.69. The lowest BCUT2D eigenvalue weighted by Gasteiger charge is -2.19.